The van der Waals surface area contributed by atoms with Gasteiger partial charge in [0, 0.05) is 23.8 Å². The molecule has 0 N–H and O–H groups in total. The lowest BCUT2D eigenvalue weighted by atomic mass is 10.0. The Kier molecular flexibility index (Phi) is 6.28. The van der Waals surface area contributed by atoms with Crippen molar-refractivity contribution in [3.05, 3.63) is 106 Å². The zero-order valence-electron chi connectivity index (χ0n) is 17.2. The van der Waals surface area contributed by atoms with Crippen LogP contribution in [0.5, 0.6) is 0 Å². The van der Waals surface area contributed by atoms with Crippen LogP contribution < -0.4 is 0 Å². The molecule has 2 aromatic heterocycles. The highest BCUT2D eigenvalue weighted by molar-refractivity contribution is 6.30. The SMILES string of the molecule is Cn1cncc1C(OCc1cnc(C#N)cc1-c1cccc(Cl)c1)c1ccc(C#N)cc1. The molecule has 0 aliphatic rings. The third-order valence-electron chi connectivity index (χ3n) is 5.11. The van der Waals surface area contributed by atoms with Gasteiger partial charge in [0.2, 0.25) is 0 Å². The molecule has 156 valence electrons. The number of pyridine rings is 1. The van der Waals surface area contributed by atoms with E-state index in [0.29, 0.717) is 16.3 Å². The topological polar surface area (TPSA) is 87.5 Å². The Bertz CT molecular complexity index is 1330. The molecule has 2 aromatic carbocycles. The second kappa shape index (κ2) is 9.45. The molecule has 0 bridgehead atoms. The number of benzene rings is 2. The molecule has 0 radical (unpaired) electrons. The van der Waals surface area contributed by atoms with Crippen molar-refractivity contribution in [1.82, 2.24) is 14.5 Å². The monoisotopic (exact) mass is 439 g/mol. The van der Waals surface area contributed by atoms with Crippen LogP contribution in [0.1, 0.15) is 34.2 Å². The van der Waals surface area contributed by atoms with Crippen LogP contribution in [-0.2, 0) is 18.4 Å². The summed E-state index contributed by atoms with van der Waals surface area (Å²) < 4.78 is 8.28. The van der Waals surface area contributed by atoms with Gasteiger partial charge in [-0.2, -0.15) is 10.5 Å². The van der Waals surface area contributed by atoms with Gasteiger partial charge >= 0.3 is 0 Å². The van der Waals surface area contributed by atoms with Gasteiger partial charge in [0.25, 0.3) is 0 Å². The molecule has 1 atom stereocenters. The van der Waals surface area contributed by atoms with Crippen molar-refractivity contribution in [2.75, 3.05) is 0 Å². The Morgan fingerprint density at radius 3 is 2.53 bits per heavy atom. The second-order valence-corrected chi connectivity index (χ2v) is 7.64. The number of rotatable bonds is 6. The van der Waals surface area contributed by atoms with E-state index in [0.717, 1.165) is 27.9 Å². The molecule has 0 amide bonds. The van der Waals surface area contributed by atoms with Crippen LogP contribution >= 0.6 is 11.6 Å². The molecule has 2 heterocycles. The fourth-order valence-corrected chi connectivity index (χ4v) is 3.65. The molecule has 4 rings (SSSR count). The Balaban J connectivity index is 1.70. The number of hydrogen-bond acceptors (Lipinski definition) is 5. The van der Waals surface area contributed by atoms with Crippen LogP contribution in [0.25, 0.3) is 11.1 Å². The minimum Gasteiger partial charge on any atom is -0.362 e. The number of nitriles is 2. The van der Waals surface area contributed by atoms with E-state index in [1.165, 1.54) is 0 Å². The first-order valence-electron chi connectivity index (χ1n) is 9.82. The van der Waals surface area contributed by atoms with Crippen LogP contribution in [0.2, 0.25) is 5.02 Å². The van der Waals surface area contributed by atoms with E-state index < -0.39 is 6.10 Å². The minimum absolute atomic E-state index is 0.246. The second-order valence-electron chi connectivity index (χ2n) is 7.20. The summed E-state index contributed by atoms with van der Waals surface area (Å²) in [5.41, 5.74) is 5.22. The first kappa shape index (κ1) is 21.3. The molecule has 0 saturated heterocycles. The summed E-state index contributed by atoms with van der Waals surface area (Å²) in [5, 5.41) is 19.0. The van der Waals surface area contributed by atoms with Gasteiger partial charge < -0.3 is 9.30 Å². The van der Waals surface area contributed by atoms with E-state index in [4.69, 9.17) is 21.6 Å². The largest absolute Gasteiger partial charge is 0.362 e. The maximum absolute atomic E-state index is 9.32. The highest BCUT2D eigenvalue weighted by Gasteiger charge is 2.20. The van der Waals surface area contributed by atoms with Crippen LogP contribution in [0.15, 0.2) is 73.3 Å². The lowest BCUT2D eigenvalue weighted by molar-refractivity contribution is 0.0623. The standard InChI is InChI=1S/C25H18ClN5O/c1-31-16-29-14-24(31)25(18-7-5-17(11-27)6-8-18)32-15-20-13-30-22(12-28)10-23(20)19-3-2-4-21(26)9-19/h2-10,13-14,16,25H,15H2,1H3. The first-order valence-corrected chi connectivity index (χ1v) is 10.2. The molecule has 1 unspecified atom stereocenters. The van der Waals surface area contributed by atoms with Crippen molar-refractivity contribution in [2.24, 2.45) is 7.05 Å². The highest BCUT2D eigenvalue weighted by atomic mass is 35.5. The van der Waals surface area contributed by atoms with Gasteiger partial charge in [-0.05, 0) is 47.0 Å². The molecule has 32 heavy (non-hydrogen) atoms. The van der Waals surface area contributed by atoms with Crippen molar-refractivity contribution >= 4 is 11.6 Å². The van der Waals surface area contributed by atoms with Gasteiger partial charge in [0.05, 0.1) is 36.5 Å². The average Bonchev–Trinajstić information content (AvgIpc) is 3.25. The summed E-state index contributed by atoms with van der Waals surface area (Å²) in [4.78, 5) is 8.45. The predicted molar refractivity (Wildman–Crippen MR) is 120 cm³/mol. The zero-order chi connectivity index (χ0) is 22.5. The van der Waals surface area contributed by atoms with Crippen molar-refractivity contribution in [3.8, 4) is 23.3 Å². The number of aromatic nitrogens is 3. The Morgan fingerprint density at radius 1 is 1.06 bits per heavy atom. The fraction of sp³-hybridized carbons (Fsp3) is 0.120. The number of ether oxygens (including phenoxy) is 1. The smallest absolute Gasteiger partial charge is 0.141 e. The van der Waals surface area contributed by atoms with Crippen LogP contribution in [0.3, 0.4) is 0 Å². The third-order valence-corrected chi connectivity index (χ3v) is 5.34. The van der Waals surface area contributed by atoms with Crippen molar-refractivity contribution in [3.63, 3.8) is 0 Å². The Labute approximate surface area is 190 Å². The summed E-state index contributed by atoms with van der Waals surface area (Å²) in [5.74, 6) is 0. The minimum atomic E-state index is -0.405. The maximum Gasteiger partial charge on any atom is 0.141 e. The summed E-state index contributed by atoms with van der Waals surface area (Å²) in [6.45, 7) is 0.246. The van der Waals surface area contributed by atoms with E-state index >= 15 is 0 Å². The molecule has 0 aliphatic carbocycles. The number of nitrogens with zero attached hydrogens (tertiary/aromatic N) is 5. The molecular weight excluding hydrogens is 422 g/mol. The van der Waals surface area contributed by atoms with E-state index in [2.05, 4.69) is 22.1 Å². The highest BCUT2D eigenvalue weighted by Crippen LogP contribution is 2.31. The van der Waals surface area contributed by atoms with E-state index in [1.54, 1.807) is 43.0 Å². The normalized spacial score (nSPS) is 11.5. The van der Waals surface area contributed by atoms with Gasteiger partial charge in [0.15, 0.2) is 0 Å². The van der Waals surface area contributed by atoms with E-state index in [1.807, 2.05) is 41.9 Å². The summed E-state index contributed by atoms with van der Waals surface area (Å²) in [6, 6.07) is 20.7. The van der Waals surface area contributed by atoms with Gasteiger partial charge in [-0.15, -0.1) is 0 Å². The summed E-state index contributed by atoms with van der Waals surface area (Å²) >= 11 is 6.19. The molecule has 0 aliphatic heterocycles. The van der Waals surface area contributed by atoms with Gasteiger partial charge in [-0.3, -0.25) is 0 Å². The Morgan fingerprint density at radius 2 is 1.88 bits per heavy atom. The molecule has 0 saturated carbocycles. The quantitative estimate of drug-likeness (QED) is 0.412. The van der Waals surface area contributed by atoms with Gasteiger partial charge in [0.1, 0.15) is 17.9 Å². The van der Waals surface area contributed by atoms with Gasteiger partial charge in [-0.1, -0.05) is 35.9 Å². The van der Waals surface area contributed by atoms with Crippen molar-refractivity contribution in [2.45, 2.75) is 12.7 Å². The predicted octanol–water partition coefficient (Wildman–Crippen LogP) is 5.19. The zero-order valence-corrected chi connectivity index (χ0v) is 18.0. The summed E-state index contributed by atoms with van der Waals surface area (Å²) in [7, 11) is 1.91. The number of hydrogen-bond donors (Lipinski definition) is 0. The molecule has 0 spiro atoms. The van der Waals surface area contributed by atoms with Crippen LogP contribution in [-0.4, -0.2) is 14.5 Å². The molecule has 0 fully saturated rings. The van der Waals surface area contributed by atoms with Crippen molar-refractivity contribution in [1.29, 1.82) is 10.5 Å². The first-order chi connectivity index (χ1) is 15.6. The van der Waals surface area contributed by atoms with Gasteiger partial charge in [-0.25, -0.2) is 9.97 Å². The lowest BCUT2D eigenvalue weighted by Crippen LogP contribution is -2.11. The average molecular weight is 440 g/mol. The Hall–Kier alpha value is -3.97. The molecular formula is C25H18ClN5O. The number of imidazole rings is 1. The third kappa shape index (κ3) is 4.53. The number of halogens is 1. The molecule has 7 heteroatoms. The van der Waals surface area contributed by atoms with E-state index in [-0.39, 0.29) is 6.61 Å². The number of aryl methyl sites for hydroxylation is 1. The summed E-state index contributed by atoms with van der Waals surface area (Å²) in [6.07, 6.45) is 4.74. The van der Waals surface area contributed by atoms with Crippen LogP contribution in [0.4, 0.5) is 0 Å². The van der Waals surface area contributed by atoms with Crippen LogP contribution in [0, 0.1) is 22.7 Å². The molecule has 6 nitrogen and oxygen atoms in total. The molecule has 4 aromatic rings. The van der Waals surface area contributed by atoms with Crippen molar-refractivity contribution < 1.29 is 4.74 Å². The lowest BCUT2D eigenvalue weighted by Gasteiger charge is -2.20. The maximum atomic E-state index is 9.32. The fourth-order valence-electron chi connectivity index (χ4n) is 3.46. The van der Waals surface area contributed by atoms with E-state index in [9.17, 15) is 5.26 Å².